The molecular formula is C19H24N4O5S2. The second kappa shape index (κ2) is 8.78. The van der Waals surface area contributed by atoms with Crippen LogP contribution in [-0.4, -0.2) is 59.6 Å². The molecule has 0 atom stereocenters. The number of piperazine rings is 1. The Balaban J connectivity index is 1.70. The van der Waals surface area contributed by atoms with Gasteiger partial charge in [0.15, 0.2) is 0 Å². The molecule has 0 radical (unpaired) electrons. The average molecular weight is 453 g/mol. The Kier molecular flexibility index (Phi) is 6.53. The van der Waals surface area contributed by atoms with E-state index in [1.807, 2.05) is 6.92 Å². The molecule has 0 bridgehead atoms. The molecule has 1 aliphatic heterocycles. The number of amides is 1. The van der Waals surface area contributed by atoms with Crippen LogP contribution >= 0.6 is 11.3 Å². The normalized spacial score (nSPS) is 15.5. The van der Waals surface area contributed by atoms with Crippen LogP contribution in [0.2, 0.25) is 0 Å². The highest BCUT2D eigenvalue weighted by Gasteiger charge is 2.32. The van der Waals surface area contributed by atoms with Crippen molar-refractivity contribution in [1.29, 1.82) is 0 Å². The molecule has 2 heterocycles. The number of benzene rings is 1. The molecule has 1 saturated heterocycles. The van der Waals surface area contributed by atoms with Crippen molar-refractivity contribution < 1.29 is 18.1 Å². The van der Waals surface area contributed by atoms with Crippen molar-refractivity contribution in [1.82, 2.24) is 14.2 Å². The molecule has 1 fully saturated rings. The Morgan fingerprint density at radius 2 is 1.93 bits per heavy atom. The Morgan fingerprint density at radius 1 is 1.27 bits per heavy atom. The highest BCUT2D eigenvalue weighted by Crippen LogP contribution is 2.25. The third-order valence-electron chi connectivity index (χ3n) is 4.81. The van der Waals surface area contributed by atoms with Crippen molar-refractivity contribution >= 4 is 33.0 Å². The molecule has 9 nitrogen and oxygen atoms in total. The number of aryl methyl sites for hydroxylation is 1. The topological polar surface area (TPSA) is 114 Å². The molecule has 3 rings (SSSR count). The van der Waals surface area contributed by atoms with Gasteiger partial charge in [-0.3, -0.25) is 14.9 Å². The Morgan fingerprint density at radius 3 is 2.53 bits per heavy atom. The Hall–Kier alpha value is -2.37. The molecule has 0 N–H and O–H groups in total. The van der Waals surface area contributed by atoms with E-state index >= 15 is 0 Å². The van der Waals surface area contributed by atoms with E-state index in [-0.39, 0.29) is 42.7 Å². The summed E-state index contributed by atoms with van der Waals surface area (Å²) in [5.74, 6) is 0.313. The van der Waals surface area contributed by atoms with Gasteiger partial charge in [-0.05, 0) is 18.9 Å². The lowest BCUT2D eigenvalue weighted by Crippen LogP contribution is -2.50. The first kappa shape index (κ1) is 22.3. The number of carbonyl (C=O) groups excluding carboxylic acids is 1. The van der Waals surface area contributed by atoms with Crippen molar-refractivity contribution in [2.45, 2.75) is 32.1 Å². The lowest BCUT2D eigenvalue weighted by atomic mass is 10.1. The van der Waals surface area contributed by atoms with Gasteiger partial charge in [-0.2, -0.15) is 4.31 Å². The van der Waals surface area contributed by atoms with Crippen LogP contribution in [0.1, 0.15) is 34.2 Å². The van der Waals surface area contributed by atoms with Crippen LogP contribution in [0.25, 0.3) is 0 Å². The zero-order chi connectivity index (χ0) is 22.1. The Bertz CT molecular complexity index is 1060. The largest absolute Gasteiger partial charge is 0.335 e. The summed E-state index contributed by atoms with van der Waals surface area (Å²) in [6.07, 6.45) is 0.814. The zero-order valence-corrected chi connectivity index (χ0v) is 18.7. The van der Waals surface area contributed by atoms with Crippen molar-refractivity contribution in [2.24, 2.45) is 5.92 Å². The Labute approximate surface area is 179 Å². The highest BCUT2D eigenvalue weighted by atomic mass is 32.2. The molecule has 1 amide bonds. The van der Waals surface area contributed by atoms with Crippen LogP contribution in [0, 0.1) is 23.0 Å². The van der Waals surface area contributed by atoms with Crippen molar-refractivity contribution in [2.75, 3.05) is 26.2 Å². The van der Waals surface area contributed by atoms with Gasteiger partial charge in [0, 0.05) is 44.7 Å². The monoisotopic (exact) mass is 452 g/mol. The minimum absolute atomic E-state index is 0.117. The SMILES string of the molecule is Cc1nc(CC(C)C)sc1C(=O)N1CCN(S(=O)(=O)c2cccc([N+](=O)[O-])c2)CC1. The van der Waals surface area contributed by atoms with Crippen LogP contribution in [0.5, 0.6) is 0 Å². The number of carbonyl (C=O) groups is 1. The highest BCUT2D eigenvalue weighted by molar-refractivity contribution is 7.89. The van der Waals surface area contributed by atoms with Gasteiger partial charge < -0.3 is 4.90 Å². The average Bonchev–Trinajstić information content (AvgIpc) is 3.06. The summed E-state index contributed by atoms with van der Waals surface area (Å²) in [7, 11) is -3.87. The van der Waals surface area contributed by atoms with Crippen LogP contribution in [0.15, 0.2) is 29.2 Å². The summed E-state index contributed by atoms with van der Waals surface area (Å²) in [5, 5.41) is 11.9. The van der Waals surface area contributed by atoms with Gasteiger partial charge in [-0.15, -0.1) is 11.3 Å². The second-order valence-corrected chi connectivity index (χ2v) is 10.6. The fourth-order valence-corrected chi connectivity index (χ4v) is 5.98. The summed E-state index contributed by atoms with van der Waals surface area (Å²) >= 11 is 1.40. The smallest absolute Gasteiger partial charge is 0.270 e. The molecule has 11 heteroatoms. The number of non-ortho nitro benzene ring substituents is 1. The number of hydrogen-bond acceptors (Lipinski definition) is 7. The van der Waals surface area contributed by atoms with Crippen molar-refractivity contribution in [3.63, 3.8) is 0 Å². The van der Waals surface area contributed by atoms with E-state index in [0.29, 0.717) is 16.5 Å². The molecule has 2 aromatic rings. The van der Waals surface area contributed by atoms with Gasteiger partial charge in [0.1, 0.15) is 4.88 Å². The lowest BCUT2D eigenvalue weighted by molar-refractivity contribution is -0.385. The molecule has 0 aliphatic carbocycles. The van der Waals surface area contributed by atoms with Gasteiger partial charge >= 0.3 is 0 Å². The van der Waals surface area contributed by atoms with E-state index in [1.54, 1.807) is 4.90 Å². The molecular weight excluding hydrogens is 428 g/mol. The van der Waals surface area contributed by atoms with E-state index in [2.05, 4.69) is 18.8 Å². The van der Waals surface area contributed by atoms with Gasteiger partial charge in [-0.1, -0.05) is 19.9 Å². The molecule has 0 saturated carbocycles. The standard InChI is InChI=1S/C19H24N4O5S2/c1-13(2)11-17-20-14(3)18(29-17)19(24)21-7-9-22(10-8-21)30(27,28)16-6-4-5-15(12-16)23(25)26/h4-6,12-13H,7-11H2,1-3H3. The molecule has 1 aliphatic rings. The number of rotatable bonds is 6. The van der Waals surface area contributed by atoms with Gasteiger partial charge in [0.05, 0.1) is 20.5 Å². The van der Waals surface area contributed by atoms with Gasteiger partial charge in [0.2, 0.25) is 10.0 Å². The molecule has 30 heavy (non-hydrogen) atoms. The maximum atomic E-state index is 12.9. The number of nitro benzene ring substituents is 1. The van der Waals surface area contributed by atoms with E-state index < -0.39 is 14.9 Å². The van der Waals surface area contributed by atoms with Gasteiger partial charge in [0.25, 0.3) is 11.6 Å². The van der Waals surface area contributed by atoms with E-state index in [1.165, 1.54) is 33.8 Å². The second-order valence-electron chi connectivity index (χ2n) is 7.57. The van der Waals surface area contributed by atoms with Crippen LogP contribution in [0.3, 0.4) is 0 Å². The van der Waals surface area contributed by atoms with E-state index in [4.69, 9.17) is 0 Å². The fraction of sp³-hybridized carbons (Fsp3) is 0.474. The number of hydrogen-bond donors (Lipinski definition) is 0. The summed E-state index contributed by atoms with van der Waals surface area (Å²) in [6.45, 7) is 6.78. The third-order valence-corrected chi connectivity index (χ3v) is 7.87. The number of nitro groups is 1. The minimum atomic E-state index is -3.87. The van der Waals surface area contributed by atoms with Crippen LogP contribution < -0.4 is 0 Å². The maximum Gasteiger partial charge on any atom is 0.270 e. The number of aromatic nitrogens is 1. The first-order chi connectivity index (χ1) is 14.1. The molecule has 0 unspecified atom stereocenters. The first-order valence-electron chi connectivity index (χ1n) is 9.59. The molecule has 162 valence electrons. The first-order valence-corrected chi connectivity index (χ1v) is 11.9. The number of nitrogens with zero attached hydrogens (tertiary/aromatic N) is 4. The predicted octanol–water partition coefficient (Wildman–Crippen LogP) is 2.70. The van der Waals surface area contributed by atoms with Crippen molar-refractivity contribution in [3.8, 4) is 0 Å². The number of thiazole rings is 1. The quantitative estimate of drug-likeness (QED) is 0.492. The van der Waals surface area contributed by atoms with Crippen LogP contribution in [0.4, 0.5) is 5.69 Å². The predicted molar refractivity (Wildman–Crippen MR) is 113 cm³/mol. The summed E-state index contributed by atoms with van der Waals surface area (Å²) in [5.41, 5.74) is 0.426. The molecule has 0 spiro atoms. The van der Waals surface area contributed by atoms with E-state index in [9.17, 15) is 23.3 Å². The lowest BCUT2D eigenvalue weighted by Gasteiger charge is -2.33. The van der Waals surface area contributed by atoms with Gasteiger partial charge in [-0.25, -0.2) is 13.4 Å². The summed E-state index contributed by atoms with van der Waals surface area (Å²) in [6, 6.07) is 5.01. The molecule has 1 aromatic carbocycles. The van der Waals surface area contributed by atoms with Crippen molar-refractivity contribution in [3.05, 3.63) is 50.0 Å². The van der Waals surface area contributed by atoms with E-state index in [0.717, 1.165) is 17.5 Å². The third kappa shape index (κ3) is 4.68. The zero-order valence-electron chi connectivity index (χ0n) is 17.1. The minimum Gasteiger partial charge on any atom is -0.335 e. The molecule has 1 aromatic heterocycles. The maximum absolute atomic E-state index is 12.9. The number of sulfonamides is 1. The fourth-order valence-electron chi connectivity index (χ4n) is 3.27. The summed E-state index contributed by atoms with van der Waals surface area (Å²) in [4.78, 5) is 29.9. The van der Waals surface area contributed by atoms with Crippen LogP contribution in [-0.2, 0) is 16.4 Å². The summed E-state index contributed by atoms with van der Waals surface area (Å²) < 4.78 is 27.0.